The highest BCUT2D eigenvalue weighted by molar-refractivity contribution is 6.07. The summed E-state index contributed by atoms with van der Waals surface area (Å²) in [5.74, 6) is 0. The first-order valence-electron chi connectivity index (χ1n) is 20.3. The van der Waals surface area contributed by atoms with Gasteiger partial charge in [0.1, 0.15) is 11.2 Å². The van der Waals surface area contributed by atoms with Crippen LogP contribution in [-0.2, 0) is 5.41 Å². The van der Waals surface area contributed by atoms with E-state index in [-0.39, 0.29) is 5.41 Å². The molecule has 10 rings (SSSR count). The maximum atomic E-state index is 6.32. The van der Waals surface area contributed by atoms with E-state index < -0.39 is 0 Å². The number of benzene rings is 8. The SMILES string of the molecule is CC1(C)c2cc(/C=C/c3cccc4c3oc3ccccc34)ccc2-c2ccc(N(c3ccc(/C=C/c4ccccc4)cc3)c3ccc(/C=C/c4ccccc4)cc3)cc21. The second-order valence-corrected chi connectivity index (χ2v) is 15.8. The van der Waals surface area contributed by atoms with Crippen LogP contribution in [0, 0.1) is 0 Å². The van der Waals surface area contributed by atoms with Gasteiger partial charge >= 0.3 is 0 Å². The van der Waals surface area contributed by atoms with Crippen molar-refractivity contribution in [2.24, 2.45) is 0 Å². The smallest absolute Gasteiger partial charge is 0.142 e. The number of hydrogen-bond donors (Lipinski definition) is 0. The molecule has 0 spiro atoms. The Balaban J connectivity index is 0.981. The molecule has 0 radical (unpaired) electrons. The van der Waals surface area contributed by atoms with E-state index in [9.17, 15) is 0 Å². The van der Waals surface area contributed by atoms with Crippen molar-refractivity contribution in [3.05, 3.63) is 233 Å². The summed E-state index contributed by atoms with van der Waals surface area (Å²) in [6, 6.07) is 67.1. The van der Waals surface area contributed by atoms with Crippen LogP contribution in [0.5, 0.6) is 0 Å². The lowest BCUT2D eigenvalue weighted by atomic mass is 9.81. The lowest BCUT2D eigenvalue weighted by molar-refractivity contribution is 0.660. The van der Waals surface area contributed by atoms with Gasteiger partial charge in [-0.3, -0.25) is 0 Å². The summed E-state index contributed by atoms with van der Waals surface area (Å²) < 4.78 is 6.32. The van der Waals surface area contributed by atoms with Crippen molar-refractivity contribution in [2.45, 2.75) is 19.3 Å². The first-order valence-corrected chi connectivity index (χ1v) is 20.3. The predicted molar refractivity (Wildman–Crippen MR) is 252 cm³/mol. The molecule has 0 atom stereocenters. The fourth-order valence-electron chi connectivity index (χ4n) is 8.50. The molecule has 0 saturated carbocycles. The van der Waals surface area contributed by atoms with Crippen LogP contribution in [0.15, 0.2) is 192 Å². The fourth-order valence-corrected chi connectivity index (χ4v) is 8.50. The van der Waals surface area contributed by atoms with Crippen molar-refractivity contribution >= 4 is 75.5 Å². The second kappa shape index (κ2) is 15.2. The lowest BCUT2D eigenvalue weighted by Crippen LogP contribution is -2.16. The van der Waals surface area contributed by atoms with Gasteiger partial charge in [0, 0.05) is 38.8 Å². The number of hydrogen-bond acceptors (Lipinski definition) is 2. The van der Waals surface area contributed by atoms with E-state index in [1.54, 1.807) is 0 Å². The maximum absolute atomic E-state index is 6.32. The minimum atomic E-state index is -0.201. The predicted octanol–water partition coefficient (Wildman–Crippen LogP) is 15.9. The first-order chi connectivity index (χ1) is 29.0. The largest absolute Gasteiger partial charge is 0.455 e. The quantitative estimate of drug-likeness (QED) is 0.136. The molecule has 0 saturated heterocycles. The maximum Gasteiger partial charge on any atom is 0.142 e. The van der Waals surface area contributed by atoms with Crippen molar-refractivity contribution in [1.82, 2.24) is 0 Å². The molecule has 9 aromatic rings. The average molecular weight is 758 g/mol. The Bertz CT molecular complexity index is 2940. The molecule has 0 unspecified atom stereocenters. The van der Waals surface area contributed by atoms with Crippen LogP contribution in [0.25, 0.3) is 69.5 Å². The van der Waals surface area contributed by atoms with Crippen LogP contribution in [0.1, 0.15) is 58.4 Å². The summed E-state index contributed by atoms with van der Waals surface area (Å²) >= 11 is 0. The normalized spacial score (nSPS) is 13.2. The summed E-state index contributed by atoms with van der Waals surface area (Å²) in [6.07, 6.45) is 13.1. The molecule has 0 aliphatic heterocycles. The number of furan rings is 1. The van der Waals surface area contributed by atoms with Crippen molar-refractivity contribution in [1.29, 1.82) is 0 Å². The summed E-state index contributed by atoms with van der Waals surface area (Å²) in [7, 11) is 0. The summed E-state index contributed by atoms with van der Waals surface area (Å²) in [5.41, 5.74) is 17.2. The van der Waals surface area contributed by atoms with Crippen LogP contribution in [0.2, 0.25) is 0 Å². The Hall–Kier alpha value is -7.42. The van der Waals surface area contributed by atoms with E-state index in [0.29, 0.717) is 0 Å². The van der Waals surface area contributed by atoms with Crippen LogP contribution in [0.3, 0.4) is 0 Å². The van der Waals surface area contributed by atoms with E-state index in [1.807, 2.05) is 24.3 Å². The molecule has 0 fully saturated rings. The summed E-state index contributed by atoms with van der Waals surface area (Å²) in [6.45, 7) is 4.71. The molecule has 1 aromatic heterocycles. The van der Waals surface area contributed by atoms with Crippen molar-refractivity contribution in [3.63, 3.8) is 0 Å². The molecule has 0 N–H and O–H groups in total. The molecule has 0 amide bonds. The Morgan fingerprint density at radius 1 is 0.390 bits per heavy atom. The third-order valence-electron chi connectivity index (χ3n) is 11.7. The fraction of sp³-hybridized carbons (Fsp3) is 0.0526. The van der Waals surface area contributed by atoms with Gasteiger partial charge < -0.3 is 9.32 Å². The van der Waals surface area contributed by atoms with Crippen molar-refractivity contribution < 1.29 is 4.42 Å². The van der Waals surface area contributed by atoms with Crippen LogP contribution in [-0.4, -0.2) is 0 Å². The van der Waals surface area contributed by atoms with Crippen molar-refractivity contribution in [2.75, 3.05) is 4.90 Å². The lowest BCUT2D eigenvalue weighted by Gasteiger charge is -2.28. The molecule has 59 heavy (non-hydrogen) atoms. The topological polar surface area (TPSA) is 16.4 Å². The van der Waals surface area contributed by atoms with E-state index >= 15 is 0 Å². The van der Waals surface area contributed by atoms with Gasteiger partial charge in [0.05, 0.1) is 0 Å². The highest BCUT2D eigenvalue weighted by Crippen LogP contribution is 2.51. The van der Waals surface area contributed by atoms with Crippen molar-refractivity contribution in [3.8, 4) is 11.1 Å². The van der Waals surface area contributed by atoms with E-state index in [4.69, 9.17) is 4.42 Å². The van der Waals surface area contributed by atoms with Gasteiger partial charge in [0.15, 0.2) is 0 Å². The minimum absolute atomic E-state index is 0.201. The molecular formula is C57H43NO. The number of anilines is 3. The number of fused-ring (bicyclic) bond motifs is 6. The Labute approximate surface area is 346 Å². The standard InChI is InChI=1S/C57H43NO/c1-57(2)53-38-44(24-30-45-16-11-18-52-51-17-9-10-19-55(51)59-56(45)52)29-36-49(53)50-37-35-48(39-54(50)57)58(46-31-25-42(26-32-46)22-20-40-12-5-3-6-13-40)47-33-27-43(28-34-47)23-21-41-14-7-4-8-15-41/h3-39H,1-2H3/b22-20+,23-21+,30-24+. The molecule has 1 heterocycles. The molecule has 2 heteroatoms. The molecule has 1 aliphatic carbocycles. The second-order valence-electron chi connectivity index (χ2n) is 15.8. The van der Waals surface area contributed by atoms with Gasteiger partial charge in [0.25, 0.3) is 0 Å². The van der Waals surface area contributed by atoms with E-state index in [2.05, 4.69) is 219 Å². The van der Waals surface area contributed by atoms with Crippen LogP contribution < -0.4 is 4.90 Å². The first kappa shape index (κ1) is 36.0. The third-order valence-corrected chi connectivity index (χ3v) is 11.7. The summed E-state index contributed by atoms with van der Waals surface area (Å²) in [5, 5.41) is 2.29. The molecule has 8 aromatic carbocycles. The Morgan fingerprint density at radius 3 is 1.49 bits per heavy atom. The molecule has 0 bridgehead atoms. The number of rotatable bonds is 9. The molecular weight excluding hydrogens is 715 g/mol. The summed E-state index contributed by atoms with van der Waals surface area (Å²) in [4.78, 5) is 2.38. The van der Waals surface area contributed by atoms with Gasteiger partial charge in [-0.15, -0.1) is 0 Å². The van der Waals surface area contributed by atoms with Crippen LogP contribution >= 0.6 is 0 Å². The van der Waals surface area contributed by atoms with Gasteiger partial charge in [0.2, 0.25) is 0 Å². The monoisotopic (exact) mass is 757 g/mol. The molecule has 1 aliphatic rings. The highest BCUT2D eigenvalue weighted by atomic mass is 16.3. The zero-order chi connectivity index (χ0) is 39.8. The van der Waals surface area contributed by atoms with Crippen LogP contribution in [0.4, 0.5) is 17.1 Å². The number of nitrogens with zero attached hydrogens (tertiary/aromatic N) is 1. The van der Waals surface area contributed by atoms with Gasteiger partial charge in [-0.05, 0) is 92.5 Å². The zero-order valence-corrected chi connectivity index (χ0v) is 33.2. The Morgan fingerprint density at radius 2 is 0.864 bits per heavy atom. The zero-order valence-electron chi connectivity index (χ0n) is 33.2. The van der Waals surface area contributed by atoms with E-state index in [1.165, 1.54) is 38.9 Å². The van der Waals surface area contributed by atoms with Gasteiger partial charge in [-0.1, -0.05) is 196 Å². The molecule has 2 nitrogen and oxygen atoms in total. The minimum Gasteiger partial charge on any atom is -0.455 e. The van der Waals surface area contributed by atoms with E-state index in [0.717, 1.165) is 55.7 Å². The average Bonchev–Trinajstić information content (AvgIpc) is 3.78. The van der Waals surface area contributed by atoms with Gasteiger partial charge in [-0.2, -0.15) is 0 Å². The van der Waals surface area contributed by atoms with Gasteiger partial charge in [-0.25, -0.2) is 0 Å². The molecule has 282 valence electrons. The highest BCUT2D eigenvalue weighted by Gasteiger charge is 2.36. The number of para-hydroxylation sites is 2. The Kier molecular flexibility index (Phi) is 9.24. The third kappa shape index (κ3) is 7.00.